The van der Waals surface area contributed by atoms with Crippen LogP contribution in [-0.4, -0.2) is 24.9 Å². The Morgan fingerprint density at radius 1 is 1.28 bits per heavy atom. The normalized spacial score (nSPS) is 39.0. The molecule has 4 fully saturated rings. The number of hydrogen-bond acceptors (Lipinski definition) is 3. The zero-order valence-corrected chi connectivity index (χ0v) is 18.0. The molecule has 4 nitrogen and oxygen atoms in total. The van der Waals surface area contributed by atoms with Crippen molar-refractivity contribution in [2.75, 3.05) is 6.61 Å². The van der Waals surface area contributed by atoms with Crippen LogP contribution >= 0.6 is 0 Å². The molecular weight excluding hydrogens is 362 g/mol. The monoisotopic (exact) mass is 395 g/mol. The van der Waals surface area contributed by atoms with Crippen molar-refractivity contribution in [1.82, 2.24) is 5.32 Å². The SMILES string of the molecule is C=C(C)c1cccc(C(C)(C)NC(=O)OCC2CC3C4CC5OC5C4C2[C@H]3C)c1. The molecule has 1 aromatic carbocycles. The zero-order valence-electron chi connectivity index (χ0n) is 18.0. The Bertz CT molecular complexity index is 846. The minimum absolute atomic E-state index is 0.324. The highest BCUT2D eigenvalue weighted by molar-refractivity contribution is 5.69. The third-order valence-corrected chi connectivity index (χ3v) is 8.32. The summed E-state index contributed by atoms with van der Waals surface area (Å²) in [6.07, 6.45) is 3.21. The van der Waals surface area contributed by atoms with E-state index in [0.717, 1.165) is 34.5 Å². The summed E-state index contributed by atoms with van der Waals surface area (Å²) >= 11 is 0. The van der Waals surface area contributed by atoms with Crippen molar-refractivity contribution in [1.29, 1.82) is 0 Å². The number of ether oxygens (including phenoxy) is 2. The second-order valence-electron chi connectivity index (χ2n) is 10.4. The molecule has 156 valence electrons. The Morgan fingerprint density at radius 3 is 2.83 bits per heavy atom. The minimum Gasteiger partial charge on any atom is -0.449 e. The molecule has 8 atom stereocenters. The van der Waals surface area contributed by atoms with E-state index in [1.54, 1.807) is 0 Å². The molecule has 1 saturated heterocycles. The Balaban J connectivity index is 1.19. The van der Waals surface area contributed by atoms with Crippen LogP contribution in [-0.2, 0) is 15.0 Å². The van der Waals surface area contributed by atoms with Gasteiger partial charge in [-0.2, -0.15) is 0 Å². The smallest absolute Gasteiger partial charge is 0.407 e. The number of nitrogens with one attached hydrogen (secondary N) is 1. The fourth-order valence-corrected chi connectivity index (χ4v) is 6.88. The van der Waals surface area contributed by atoms with Gasteiger partial charge in [-0.25, -0.2) is 4.79 Å². The first-order valence-electron chi connectivity index (χ1n) is 11.1. The van der Waals surface area contributed by atoms with Gasteiger partial charge in [0, 0.05) is 0 Å². The molecule has 1 aromatic rings. The number of benzene rings is 1. The third kappa shape index (κ3) is 3.11. The van der Waals surface area contributed by atoms with Crippen LogP contribution in [0.3, 0.4) is 0 Å². The molecule has 1 heterocycles. The summed E-state index contributed by atoms with van der Waals surface area (Å²) in [4.78, 5) is 12.6. The molecule has 1 N–H and O–H groups in total. The molecule has 0 radical (unpaired) electrons. The average molecular weight is 396 g/mol. The average Bonchev–Trinajstić information content (AvgIpc) is 3.12. The summed E-state index contributed by atoms with van der Waals surface area (Å²) in [5.74, 6) is 4.28. The number of fused-ring (bicyclic) bond motifs is 7. The maximum atomic E-state index is 12.6. The summed E-state index contributed by atoms with van der Waals surface area (Å²) in [5, 5.41) is 3.07. The first kappa shape index (κ1) is 19.2. The Labute approximate surface area is 174 Å². The van der Waals surface area contributed by atoms with Gasteiger partial charge in [0.1, 0.15) is 0 Å². The van der Waals surface area contributed by atoms with E-state index in [1.165, 1.54) is 12.8 Å². The number of hydrogen-bond donors (Lipinski definition) is 1. The number of carbonyl (C=O) groups is 1. The summed E-state index contributed by atoms with van der Waals surface area (Å²) < 4.78 is 11.6. The number of allylic oxidation sites excluding steroid dienone is 1. The number of alkyl carbamates (subject to hydrolysis) is 1. The molecule has 3 saturated carbocycles. The minimum atomic E-state index is -0.504. The van der Waals surface area contributed by atoms with E-state index in [1.807, 2.05) is 39.0 Å². The Morgan fingerprint density at radius 2 is 2.07 bits per heavy atom. The number of carbonyl (C=O) groups excluding carboxylic acids is 1. The van der Waals surface area contributed by atoms with Gasteiger partial charge in [-0.1, -0.05) is 37.3 Å². The maximum absolute atomic E-state index is 12.6. The van der Waals surface area contributed by atoms with E-state index in [4.69, 9.17) is 9.47 Å². The van der Waals surface area contributed by atoms with Crippen molar-refractivity contribution >= 4 is 11.7 Å². The third-order valence-electron chi connectivity index (χ3n) is 8.32. The van der Waals surface area contributed by atoms with Crippen LogP contribution in [0.5, 0.6) is 0 Å². The lowest BCUT2D eigenvalue weighted by molar-refractivity contribution is 0.0600. The topological polar surface area (TPSA) is 50.9 Å². The van der Waals surface area contributed by atoms with Crippen LogP contribution in [0.4, 0.5) is 4.79 Å². The number of amides is 1. The van der Waals surface area contributed by atoms with E-state index in [9.17, 15) is 4.79 Å². The lowest BCUT2D eigenvalue weighted by Crippen LogP contribution is -2.42. The second kappa shape index (κ2) is 6.60. The van der Waals surface area contributed by atoms with Gasteiger partial charge in [0.05, 0.1) is 24.4 Å². The van der Waals surface area contributed by atoms with E-state index in [-0.39, 0.29) is 6.09 Å². The lowest BCUT2D eigenvalue weighted by atomic mass is 9.75. The van der Waals surface area contributed by atoms with Gasteiger partial charge in [0.25, 0.3) is 0 Å². The van der Waals surface area contributed by atoms with Crippen molar-refractivity contribution in [3.8, 4) is 0 Å². The highest BCUT2D eigenvalue weighted by Gasteiger charge is 2.68. The van der Waals surface area contributed by atoms with Gasteiger partial charge in [0.2, 0.25) is 0 Å². The van der Waals surface area contributed by atoms with Crippen molar-refractivity contribution in [3.63, 3.8) is 0 Å². The molecule has 4 aliphatic rings. The van der Waals surface area contributed by atoms with Gasteiger partial charge in [-0.15, -0.1) is 0 Å². The van der Waals surface area contributed by atoms with E-state index >= 15 is 0 Å². The molecular formula is C25H33NO3. The maximum Gasteiger partial charge on any atom is 0.407 e. The second-order valence-corrected chi connectivity index (χ2v) is 10.4. The van der Waals surface area contributed by atoms with E-state index < -0.39 is 5.54 Å². The predicted octanol–water partition coefficient (Wildman–Crippen LogP) is 4.99. The fraction of sp³-hybridized carbons (Fsp3) is 0.640. The summed E-state index contributed by atoms with van der Waals surface area (Å²) in [7, 11) is 0. The van der Waals surface area contributed by atoms with Gasteiger partial charge in [-0.05, 0) is 86.3 Å². The Hall–Kier alpha value is -1.81. The van der Waals surface area contributed by atoms with E-state index in [0.29, 0.717) is 36.6 Å². The van der Waals surface area contributed by atoms with Crippen LogP contribution in [0.15, 0.2) is 30.8 Å². The fourth-order valence-electron chi connectivity index (χ4n) is 6.88. The molecule has 1 aliphatic heterocycles. The summed E-state index contributed by atoms with van der Waals surface area (Å²) in [6.45, 7) is 13.0. The molecule has 29 heavy (non-hydrogen) atoms. The first-order valence-corrected chi connectivity index (χ1v) is 11.1. The molecule has 1 amide bonds. The van der Waals surface area contributed by atoms with E-state index in [2.05, 4.69) is 24.9 Å². The highest BCUT2D eigenvalue weighted by Crippen LogP contribution is 2.68. The van der Waals surface area contributed by atoms with Gasteiger partial charge < -0.3 is 14.8 Å². The standard InChI is InChI=1S/C25H33NO3/c1-13(2)15-7-6-8-17(9-15)25(4,5)26-24(27)28-12-16-10-18-14(3)21(16)22-19(18)11-20-23(22)29-20/h6-9,14,16,18-23H,1,10-12H2,2-5H3,(H,26,27)/t14-,16?,18?,19?,20?,21?,22?,23?/m0/s1. The van der Waals surface area contributed by atoms with Crippen LogP contribution in [0.25, 0.3) is 5.57 Å². The van der Waals surface area contributed by atoms with Crippen LogP contribution < -0.4 is 5.32 Å². The van der Waals surface area contributed by atoms with Crippen molar-refractivity contribution in [2.24, 2.45) is 35.5 Å². The van der Waals surface area contributed by atoms with Gasteiger partial charge in [-0.3, -0.25) is 0 Å². The summed E-state index contributed by atoms with van der Waals surface area (Å²) in [5.41, 5.74) is 2.65. The van der Waals surface area contributed by atoms with Crippen molar-refractivity contribution < 1.29 is 14.3 Å². The molecule has 4 heteroatoms. The Kier molecular flexibility index (Phi) is 4.36. The van der Waals surface area contributed by atoms with Crippen molar-refractivity contribution in [2.45, 2.75) is 58.3 Å². The van der Waals surface area contributed by atoms with Crippen LogP contribution in [0.1, 0.15) is 51.7 Å². The highest BCUT2D eigenvalue weighted by atomic mass is 16.6. The van der Waals surface area contributed by atoms with Crippen LogP contribution in [0.2, 0.25) is 0 Å². The largest absolute Gasteiger partial charge is 0.449 e. The molecule has 2 bridgehead atoms. The van der Waals surface area contributed by atoms with Crippen LogP contribution in [0, 0.1) is 35.5 Å². The van der Waals surface area contributed by atoms with Gasteiger partial charge in [0.15, 0.2) is 0 Å². The zero-order chi connectivity index (χ0) is 20.5. The lowest BCUT2D eigenvalue weighted by Gasteiger charge is -2.33. The molecule has 5 rings (SSSR count). The molecule has 3 aliphatic carbocycles. The first-order chi connectivity index (χ1) is 13.8. The number of epoxide rings is 1. The predicted molar refractivity (Wildman–Crippen MR) is 113 cm³/mol. The van der Waals surface area contributed by atoms with Gasteiger partial charge >= 0.3 is 6.09 Å². The summed E-state index contributed by atoms with van der Waals surface area (Å²) in [6, 6.07) is 8.18. The quantitative estimate of drug-likeness (QED) is 0.715. The molecule has 0 spiro atoms. The molecule has 0 aromatic heterocycles. The van der Waals surface area contributed by atoms with Crippen molar-refractivity contribution in [3.05, 3.63) is 42.0 Å². The molecule has 7 unspecified atom stereocenters. The number of rotatable bonds is 5.